The summed E-state index contributed by atoms with van der Waals surface area (Å²) < 4.78 is 26.0. The number of piperidine rings is 1. The maximum absolute atomic E-state index is 12.2. The summed E-state index contributed by atoms with van der Waals surface area (Å²) in [4.78, 5) is 4.32. The Hall–Kier alpha value is -2.97. The van der Waals surface area contributed by atoms with Crippen LogP contribution in [0.15, 0.2) is 48.8 Å². The molecule has 4 rings (SSSR count). The number of benzene rings is 2. The van der Waals surface area contributed by atoms with Crippen LogP contribution in [0, 0.1) is 5.41 Å². The van der Waals surface area contributed by atoms with Crippen LogP contribution in [0.3, 0.4) is 0 Å². The standard InChI is InChI=1S/C25H31N5O2S/c1-4-33(31,32)30-11-8-21(9-12-30)29-25-15-20(13-19-7-10-28-16-23(19)25)18-5-6-24(27-3)22(14-18)17(2)26/h5-7,10,13-16,21,26-27,29H,4,8-9,11-12H2,1-3H3. The zero-order valence-corrected chi connectivity index (χ0v) is 20.2. The van der Waals surface area contributed by atoms with Crippen molar-refractivity contribution >= 4 is 37.9 Å². The van der Waals surface area contributed by atoms with Gasteiger partial charge in [0.15, 0.2) is 0 Å². The minimum atomic E-state index is -3.14. The molecular weight excluding hydrogens is 434 g/mol. The minimum absolute atomic E-state index is 0.146. The highest BCUT2D eigenvalue weighted by atomic mass is 32.2. The molecule has 0 saturated carbocycles. The molecule has 3 N–H and O–H groups in total. The lowest BCUT2D eigenvalue weighted by atomic mass is 9.96. The Morgan fingerprint density at radius 3 is 2.55 bits per heavy atom. The molecule has 7 nitrogen and oxygen atoms in total. The molecule has 0 radical (unpaired) electrons. The van der Waals surface area contributed by atoms with E-state index in [1.807, 2.05) is 31.4 Å². The molecule has 1 fully saturated rings. The van der Waals surface area contributed by atoms with E-state index in [0.29, 0.717) is 18.8 Å². The van der Waals surface area contributed by atoms with Crippen molar-refractivity contribution in [3.63, 3.8) is 0 Å². The van der Waals surface area contributed by atoms with E-state index in [1.54, 1.807) is 24.3 Å². The fraction of sp³-hybridized carbons (Fsp3) is 0.360. The van der Waals surface area contributed by atoms with Crippen molar-refractivity contribution in [2.45, 2.75) is 32.7 Å². The minimum Gasteiger partial charge on any atom is -0.388 e. The molecule has 33 heavy (non-hydrogen) atoms. The van der Waals surface area contributed by atoms with Crippen LogP contribution in [0.5, 0.6) is 0 Å². The Morgan fingerprint density at radius 1 is 1.12 bits per heavy atom. The molecule has 174 valence electrons. The number of hydrogen-bond donors (Lipinski definition) is 3. The monoisotopic (exact) mass is 465 g/mol. The Kier molecular flexibility index (Phi) is 6.67. The molecule has 8 heteroatoms. The van der Waals surface area contributed by atoms with Gasteiger partial charge in [-0.1, -0.05) is 6.07 Å². The quantitative estimate of drug-likeness (QED) is 0.445. The number of nitrogens with zero attached hydrogens (tertiary/aromatic N) is 2. The van der Waals surface area contributed by atoms with Crippen molar-refractivity contribution in [1.82, 2.24) is 9.29 Å². The number of fused-ring (bicyclic) bond motifs is 1. The molecule has 3 aromatic rings. The van der Waals surface area contributed by atoms with Gasteiger partial charge in [0, 0.05) is 66.6 Å². The first-order valence-electron chi connectivity index (χ1n) is 11.3. The van der Waals surface area contributed by atoms with E-state index in [2.05, 4.69) is 33.8 Å². The Labute approximate surface area is 195 Å². The second-order valence-corrected chi connectivity index (χ2v) is 10.7. The van der Waals surface area contributed by atoms with E-state index >= 15 is 0 Å². The molecule has 0 unspecified atom stereocenters. The molecule has 2 aromatic carbocycles. The van der Waals surface area contributed by atoms with E-state index in [1.165, 1.54) is 0 Å². The topological polar surface area (TPSA) is 98.2 Å². The predicted octanol–water partition coefficient (Wildman–Crippen LogP) is 4.56. The van der Waals surface area contributed by atoms with E-state index < -0.39 is 10.0 Å². The first kappa shape index (κ1) is 23.2. The molecule has 1 aliphatic heterocycles. The van der Waals surface area contributed by atoms with E-state index in [4.69, 9.17) is 5.41 Å². The van der Waals surface area contributed by atoms with Crippen LogP contribution >= 0.6 is 0 Å². The van der Waals surface area contributed by atoms with Crippen molar-refractivity contribution in [2.75, 3.05) is 36.5 Å². The second kappa shape index (κ2) is 9.49. The molecule has 1 saturated heterocycles. The smallest absolute Gasteiger partial charge is 0.213 e. The number of aromatic nitrogens is 1. The summed E-state index contributed by atoms with van der Waals surface area (Å²) in [5.74, 6) is 0.146. The average Bonchev–Trinajstić information content (AvgIpc) is 2.83. The highest BCUT2D eigenvalue weighted by Crippen LogP contribution is 2.33. The van der Waals surface area contributed by atoms with Crippen molar-refractivity contribution in [1.29, 1.82) is 5.41 Å². The van der Waals surface area contributed by atoms with Crippen LogP contribution in [0.2, 0.25) is 0 Å². The summed E-state index contributed by atoms with van der Waals surface area (Å²) in [5, 5.41) is 17.1. The maximum atomic E-state index is 12.2. The van der Waals surface area contributed by atoms with Gasteiger partial charge in [0.2, 0.25) is 10.0 Å². The van der Waals surface area contributed by atoms with Crippen LogP contribution in [-0.4, -0.2) is 55.4 Å². The molecule has 0 atom stereocenters. The van der Waals surface area contributed by atoms with Crippen molar-refractivity contribution < 1.29 is 8.42 Å². The molecule has 0 aliphatic carbocycles. The molecule has 0 spiro atoms. The Balaban J connectivity index is 1.66. The van der Waals surface area contributed by atoms with Gasteiger partial charge in [-0.3, -0.25) is 4.98 Å². The highest BCUT2D eigenvalue weighted by molar-refractivity contribution is 7.89. The zero-order valence-electron chi connectivity index (χ0n) is 19.4. The summed E-state index contributed by atoms with van der Waals surface area (Å²) in [5.41, 5.74) is 5.43. The van der Waals surface area contributed by atoms with Crippen LogP contribution in [0.1, 0.15) is 32.3 Å². The van der Waals surface area contributed by atoms with Gasteiger partial charge in [-0.05, 0) is 73.5 Å². The zero-order chi connectivity index (χ0) is 23.6. The maximum Gasteiger partial charge on any atom is 0.213 e. The fourth-order valence-corrected chi connectivity index (χ4v) is 5.55. The van der Waals surface area contributed by atoms with E-state index in [0.717, 1.165) is 51.7 Å². The van der Waals surface area contributed by atoms with Gasteiger partial charge in [0.05, 0.1) is 5.75 Å². The van der Waals surface area contributed by atoms with Gasteiger partial charge in [0.1, 0.15) is 0 Å². The number of pyridine rings is 1. The van der Waals surface area contributed by atoms with Gasteiger partial charge in [-0.25, -0.2) is 12.7 Å². The number of rotatable bonds is 7. The fourth-order valence-electron chi connectivity index (χ4n) is 4.42. The van der Waals surface area contributed by atoms with Gasteiger partial charge in [-0.15, -0.1) is 0 Å². The summed E-state index contributed by atoms with van der Waals surface area (Å²) in [6.45, 7) is 4.57. The third-order valence-corrected chi connectivity index (χ3v) is 8.24. The van der Waals surface area contributed by atoms with E-state index in [9.17, 15) is 8.42 Å². The number of hydrogen-bond acceptors (Lipinski definition) is 6. The first-order valence-corrected chi connectivity index (χ1v) is 12.9. The number of anilines is 2. The van der Waals surface area contributed by atoms with Gasteiger partial charge in [0.25, 0.3) is 0 Å². The van der Waals surface area contributed by atoms with Crippen LogP contribution in [0.25, 0.3) is 21.9 Å². The third kappa shape index (κ3) is 4.86. The lowest BCUT2D eigenvalue weighted by Crippen LogP contribution is -2.42. The molecular formula is C25H31N5O2S. The first-order chi connectivity index (χ1) is 15.8. The largest absolute Gasteiger partial charge is 0.388 e. The summed E-state index contributed by atoms with van der Waals surface area (Å²) in [6, 6.07) is 12.6. The lowest BCUT2D eigenvalue weighted by Gasteiger charge is -2.32. The number of nitrogens with one attached hydrogen (secondary N) is 3. The van der Waals surface area contributed by atoms with Crippen molar-refractivity contribution in [3.05, 3.63) is 54.4 Å². The highest BCUT2D eigenvalue weighted by Gasteiger charge is 2.27. The lowest BCUT2D eigenvalue weighted by molar-refractivity contribution is 0.330. The molecule has 1 aromatic heterocycles. The SMILES string of the molecule is CCS(=O)(=O)N1CCC(Nc2cc(-c3ccc(NC)c(C(C)=N)c3)cc3ccncc23)CC1. The van der Waals surface area contributed by atoms with Gasteiger partial charge in [-0.2, -0.15) is 0 Å². The summed E-state index contributed by atoms with van der Waals surface area (Å²) >= 11 is 0. The summed E-state index contributed by atoms with van der Waals surface area (Å²) in [6.07, 6.45) is 5.19. The molecule has 0 bridgehead atoms. The van der Waals surface area contributed by atoms with E-state index in [-0.39, 0.29) is 11.8 Å². The van der Waals surface area contributed by atoms with Crippen LogP contribution in [0.4, 0.5) is 11.4 Å². The Morgan fingerprint density at radius 2 is 1.88 bits per heavy atom. The predicted molar refractivity (Wildman–Crippen MR) is 137 cm³/mol. The van der Waals surface area contributed by atoms with Crippen molar-refractivity contribution in [3.8, 4) is 11.1 Å². The normalized spacial score (nSPS) is 15.5. The number of sulfonamides is 1. The molecule has 0 amide bonds. The Bertz CT molecular complexity index is 1280. The molecule has 1 aliphatic rings. The second-order valence-electron chi connectivity index (χ2n) is 8.47. The average molecular weight is 466 g/mol. The van der Waals surface area contributed by atoms with Crippen LogP contribution < -0.4 is 10.6 Å². The van der Waals surface area contributed by atoms with Crippen LogP contribution in [-0.2, 0) is 10.0 Å². The van der Waals surface area contributed by atoms with Gasteiger partial charge < -0.3 is 16.0 Å². The van der Waals surface area contributed by atoms with Crippen molar-refractivity contribution in [2.24, 2.45) is 0 Å². The summed E-state index contributed by atoms with van der Waals surface area (Å²) in [7, 11) is -1.27. The third-order valence-electron chi connectivity index (χ3n) is 6.35. The molecule has 2 heterocycles. The van der Waals surface area contributed by atoms with Gasteiger partial charge >= 0.3 is 0 Å².